The van der Waals surface area contributed by atoms with E-state index in [2.05, 4.69) is 15.9 Å². The summed E-state index contributed by atoms with van der Waals surface area (Å²) in [6, 6.07) is 13.1. The number of nitro benzene ring substituents is 1. The number of carbonyl (C=O) groups is 1. The molecule has 0 bridgehead atoms. The van der Waals surface area contributed by atoms with Crippen molar-refractivity contribution in [2.75, 3.05) is 6.61 Å². The number of hydrogen-bond donors (Lipinski definition) is 0. The van der Waals surface area contributed by atoms with Crippen LogP contribution in [-0.2, 0) is 11.3 Å². The van der Waals surface area contributed by atoms with E-state index < -0.39 is 4.92 Å². The molecule has 0 aliphatic carbocycles. The van der Waals surface area contributed by atoms with Gasteiger partial charge in [0.2, 0.25) is 0 Å². The molecular weight excluding hydrogens is 338 g/mol. The third kappa shape index (κ3) is 4.47. The van der Waals surface area contributed by atoms with E-state index >= 15 is 0 Å². The topological polar surface area (TPSA) is 69.4 Å². The van der Waals surface area contributed by atoms with E-state index in [1.807, 2.05) is 24.3 Å². The summed E-state index contributed by atoms with van der Waals surface area (Å²) in [6.45, 7) is 0.278. The van der Waals surface area contributed by atoms with Crippen molar-refractivity contribution in [3.63, 3.8) is 0 Å². The van der Waals surface area contributed by atoms with Crippen molar-refractivity contribution >= 4 is 27.4 Å². The summed E-state index contributed by atoms with van der Waals surface area (Å²) in [7, 11) is 0. The van der Waals surface area contributed by atoms with Gasteiger partial charge < -0.3 is 4.74 Å². The molecule has 0 aliphatic heterocycles. The number of Topliss-reactive ketones (excluding diaryl/α,β-unsaturated/α-hetero) is 1. The van der Waals surface area contributed by atoms with Gasteiger partial charge in [-0.3, -0.25) is 14.9 Å². The van der Waals surface area contributed by atoms with Gasteiger partial charge in [0.1, 0.15) is 6.61 Å². The molecule has 0 atom stereocenters. The minimum absolute atomic E-state index is 0.0395. The van der Waals surface area contributed by atoms with Crippen molar-refractivity contribution in [1.82, 2.24) is 0 Å². The molecule has 0 unspecified atom stereocenters. The Labute approximate surface area is 129 Å². The first kappa shape index (κ1) is 15.3. The fraction of sp³-hybridized carbons (Fsp3) is 0.133. The monoisotopic (exact) mass is 349 g/mol. The van der Waals surface area contributed by atoms with E-state index in [9.17, 15) is 14.9 Å². The molecule has 5 nitrogen and oxygen atoms in total. The van der Waals surface area contributed by atoms with Crippen LogP contribution >= 0.6 is 15.9 Å². The standard InChI is InChI=1S/C15H12BrNO4/c16-13-5-1-11(2-6-13)9-21-10-15(18)12-3-7-14(8-4-12)17(19)20/h1-8H,9-10H2. The number of carbonyl (C=O) groups excluding carboxylic acids is 1. The molecule has 0 saturated carbocycles. The van der Waals surface area contributed by atoms with Crippen LogP contribution in [0, 0.1) is 10.1 Å². The summed E-state index contributed by atoms with van der Waals surface area (Å²) in [5.41, 5.74) is 1.33. The molecular formula is C15H12BrNO4. The van der Waals surface area contributed by atoms with Gasteiger partial charge in [-0.25, -0.2) is 0 Å². The van der Waals surface area contributed by atoms with E-state index in [0.717, 1.165) is 10.0 Å². The molecule has 2 aromatic carbocycles. The maximum absolute atomic E-state index is 11.9. The Morgan fingerprint density at radius 3 is 2.29 bits per heavy atom. The second-order valence-corrected chi connectivity index (χ2v) is 5.26. The number of halogens is 1. The van der Waals surface area contributed by atoms with Crippen LogP contribution in [0.1, 0.15) is 15.9 Å². The van der Waals surface area contributed by atoms with Crippen molar-refractivity contribution in [3.8, 4) is 0 Å². The normalized spacial score (nSPS) is 10.3. The van der Waals surface area contributed by atoms with Gasteiger partial charge in [0.05, 0.1) is 11.5 Å². The highest BCUT2D eigenvalue weighted by atomic mass is 79.9. The minimum atomic E-state index is -0.502. The fourth-order valence-corrected chi connectivity index (χ4v) is 1.96. The van der Waals surface area contributed by atoms with Gasteiger partial charge >= 0.3 is 0 Å². The van der Waals surface area contributed by atoms with E-state index in [1.54, 1.807) is 0 Å². The zero-order valence-corrected chi connectivity index (χ0v) is 12.6. The maximum atomic E-state index is 11.9. The largest absolute Gasteiger partial charge is 0.369 e. The zero-order valence-electron chi connectivity index (χ0n) is 11.0. The van der Waals surface area contributed by atoms with Gasteiger partial charge in [0, 0.05) is 22.2 Å². The average molecular weight is 350 g/mol. The molecule has 0 spiro atoms. The first-order valence-corrected chi connectivity index (χ1v) is 6.95. The number of nitro groups is 1. The second kappa shape index (κ2) is 7.10. The summed E-state index contributed by atoms with van der Waals surface area (Å²) < 4.78 is 6.33. The SMILES string of the molecule is O=C(COCc1ccc(Br)cc1)c1ccc([N+](=O)[O-])cc1. The van der Waals surface area contributed by atoms with Crippen LogP contribution in [0.25, 0.3) is 0 Å². The summed E-state index contributed by atoms with van der Waals surface area (Å²) in [4.78, 5) is 21.9. The van der Waals surface area contributed by atoms with Crippen LogP contribution in [0.4, 0.5) is 5.69 Å². The fourth-order valence-electron chi connectivity index (χ4n) is 1.69. The summed E-state index contributed by atoms with van der Waals surface area (Å²) >= 11 is 3.34. The Hall–Kier alpha value is -2.05. The maximum Gasteiger partial charge on any atom is 0.269 e. The predicted molar refractivity (Wildman–Crippen MR) is 81.2 cm³/mol. The van der Waals surface area contributed by atoms with Crippen LogP contribution in [0.5, 0.6) is 0 Å². The van der Waals surface area contributed by atoms with Gasteiger partial charge in [0.25, 0.3) is 5.69 Å². The van der Waals surface area contributed by atoms with Crippen LogP contribution in [0.2, 0.25) is 0 Å². The smallest absolute Gasteiger partial charge is 0.269 e. The molecule has 0 aliphatic rings. The molecule has 0 fully saturated rings. The number of benzene rings is 2. The van der Waals surface area contributed by atoms with Crippen molar-refractivity contribution in [1.29, 1.82) is 0 Å². The minimum Gasteiger partial charge on any atom is -0.369 e. The third-order valence-electron chi connectivity index (χ3n) is 2.82. The van der Waals surface area contributed by atoms with E-state index in [0.29, 0.717) is 12.2 Å². The van der Waals surface area contributed by atoms with Gasteiger partial charge in [0.15, 0.2) is 5.78 Å². The zero-order chi connectivity index (χ0) is 15.2. The summed E-state index contributed by atoms with van der Waals surface area (Å²) in [5.74, 6) is -0.206. The summed E-state index contributed by atoms with van der Waals surface area (Å²) in [6.07, 6.45) is 0. The van der Waals surface area contributed by atoms with Crippen molar-refractivity contribution < 1.29 is 14.5 Å². The van der Waals surface area contributed by atoms with Crippen LogP contribution < -0.4 is 0 Å². The number of ketones is 1. The van der Waals surface area contributed by atoms with E-state index in [-0.39, 0.29) is 18.1 Å². The highest BCUT2D eigenvalue weighted by Crippen LogP contribution is 2.13. The number of ether oxygens (including phenoxy) is 1. The van der Waals surface area contributed by atoms with Gasteiger partial charge in [-0.15, -0.1) is 0 Å². The Kier molecular flexibility index (Phi) is 5.19. The molecule has 0 radical (unpaired) electrons. The third-order valence-corrected chi connectivity index (χ3v) is 3.34. The number of nitrogens with zero attached hydrogens (tertiary/aromatic N) is 1. The average Bonchev–Trinajstić information content (AvgIpc) is 2.49. The van der Waals surface area contributed by atoms with Gasteiger partial charge in [-0.1, -0.05) is 28.1 Å². The molecule has 0 N–H and O–H groups in total. The molecule has 0 heterocycles. The Morgan fingerprint density at radius 1 is 1.10 bits per heavy atom. The second-order valence-electron chi connectivity index (χ2n) is 4.35. The van der Waals surface area contributed by atoms with Gasteiger partial charge in [-0.2, -0.15) is 0 Å². The number of rotatable bonds is 6. The van der Waals surface area contributed by atoms with Gasteiger partial charge in [-0.05, 0) is 29.8 Å². The number of non-ortho nitro benzene ring substituents is 1. The Balaban J connectivity index is 1.86. The lowest BCUT2D eigenvalue weighted by Gasteiger charge is -2.04. The molecule has 0 aromatic heterocycles. The Morgan fingerprint density at radius 2 is 1.71 bits per heavy atom. The lowest BCUT2D eigenvalue weighted by Crippen LogP contribution is -2.09. The van der Waals surface area contributed by atoms with Crippen molar-refractivity contribution in [3.05, 3.63) is 74.2 Å². The molecule has 0 amide bonds. The quantitative estimate of drug-likeness (QED) is 0.452. The molecule has 2 aromatic rings. The van der Waals surface area contributed by atoms with Crippen LogP contribution in [0.3, 0.4) is 0 Å². The molecule has 0 saturated heterocycles. The molecule has 108 valence electrons. The lowest BCUT2D eigenvalue weighted by atomic mass is 10.1. The molecule has 6 heteroatoms. The lowest BCUT2D eigenvalue weighted by molar-refractivity contribution is -0.384. The first-order valence-electron chi connectivity index (χ1n) is 6.16. The van der Waals surface area contributed by atoms with E-state index in [1.165, 1.54) is 24.3 Å². The highest BCUT2D eigenvalue weighted by Gasteiger charge is 2.09. The van der Waals surface area contributed by atoms with Crippen molar-refractivity contribution in [2.45, 2.75) is 6.61 Å². The predicted octanol–water partition coefficient (Wildman–Crippen LogP) is 3.76. The summed E-state index contributed by atoms with van der Waals surface area (Å²) in [5, 5.41) is 10.5. The van der Waals surface area contributed by atoms with Crippen LogP contribution in [-0.4, -0.2) is 17.3 Å². The molecule has 21 heavy (non-hydrogen) atoms. The van der Waals surface area contributed by atoms with Crippen molar-refractivity contribution in [2.24, 2.45) is 0 Å². The Bertz CT molecular complexity index is 638. The van der Waals surface area contributed by atoms with Crippen LogP contribution in [0.15, 0.2) is 53.0 Å². The first-order chi connectivity index (χ1) is 10.1. The van der Waals surface area contributed by atoms with E-state index in [4.69, 9.17) is 4.74 Å². The highest BCUT2D eigenvalue weighted by molar-refractivity contribution is 9.10. The molecule has 2 rings (SSSR count). The number of hydrogen-bond acceptors (Lipinski definition) is 4.